The zero-order valence-electron chi connectivity index (χ0n) is 11.1. The second-order valence-corrected chi connectivity index (χ2v) is 5.42. The molecular weight excluding hydrogens is 238 g/mol. The Morgan fingerprint density at radius 1 is 1.37 bits per heavy atom. The Bertz CT molecular complexity index is 650. The van der Waals surface area contributed by atoms with Gasteiger partial charge in [-0.1, -0.05) is 37.3 Å². The lowest BCUT2D eigenvalue weighted by atomic mass is 9.98. The summed E-state index contributed by atoms with van der Waals surface area (Å²) in [6.07, 6.45) is 1.05. The Balaban J connectivity index is 1.78. The second-order valence-electron chi connectivity index (χ2n) is 5.42. The summed E-state index contributed by atoms with van der Waals surface area (Å²) in [5.41, 5.74) is 2.07. The summed E-state index contributed by atoms with van der Waals surface area (Å²) < 4.78 is 0. The third-order valence-corrected chi connectivity index (χ3v) is 3.85. The maximum atomic E-state index is 11.4. The minimum atomic E-state index is -0.114. The number of rotatable bonds is 3. The molecule has 0 bridgehead atoms. The summed E-state index contributed by atoms with van der Waals surface area (Å²) in [5.74, 6) is 0.564. The molecule has 19 heavy (non-hydrogen) atoms. The summed E-state index contributed by atoms with van der Waals surface area (Å²) in [6.45, 7) is 4.05. The number of nitrogens with one attached hydrogen (secondary N) is 2. The van der Waals surface area contributed by atoms with Crippen molar-refractivity contribution < 1.29 is 0 Å². The van der Waals surface area contributed by atoms with Gasteiger partial charge in [-0.3, -0.25) is 9.78 Å². The molecule has 1 aliphatic rings. The topological polar surface area (TPSA) is 57.8 Å². The summed E-state index contributed by atoms with van der Waals surface area (Å²) in [5, 5.41) is 3.32. The third-order valence-electron chi connectivity index (χ3n) is 3.85. The van der Waals surface area contributed by atoms with E-state index in [1.807, 2.05) is 13.0 Å². The molecule has 0 aliphatic heterocycles. The van der Waals surface area contributed by atoms with Gasteiger partial charge in [-0.2, -0.15) is 0 Å². The van der Waals surface area contributed by atoms with Crippen LogP contribution >= 0.6 is 0 Å². The van der Waals surface area contributed by atoms with E-state index in [4.69, 9.17) is 0 Å². The zero-order valence-corrected chi connectivity index (χ0v) is 11.1. The molecule has 3 rings (SSSR count). The lowest BCUT2D eigenvalue weighted by Gasteiger charge is -2.13. The van der Waals surface area contributed by atoms with Crippen LogP contribution in [0.25, 0.3) is 0 Å². The minimum absolute atomic E-state index is 0.114. The van der Waals surface area contributed by atoms with E-state index in [0.29, 0.717) is 12.0 Å². The Morgan fingerprint density at radius 3 is 2.79 bits per heavy atom. The third kappa shape index (κ3) is 2.26. The summed E-state index contributed by atoms with van der Waals surface area (Å²) in [4.78, 5) is 18.4. The van der Waals surface area contributed by atoms with Crippen LogP contribution in [0.4, 0.5) is 5.95 Å². The van der Waals surface area contributed by atoms with Gasteiger partial charge in [0.1, 0.15) is 0 Å². The molecule has 1 aromatic heterocycles. The number of anilines is 1. The van der Waals surface area contributed by atoms with Gasteiger partial charge in [0.2, 0.25) is 5.95 Å². The van der Waals surface area contributed by atoms with Crippen LogP contribution in [0.3, 0.4) is 0 Å². The van der Waals surface area contributed by atoms with Crippen molar-refractivity contribution in [3.63, 3.8) is 0 Å². The first-order valence-corrected chi connectivity index (χ1v) is 6.48. The van der Waals surface area contributed by atoms with Crippen LogP contribution in [0.15, 0.2) is 41.2 Å². The normalized spacial score (nSPS) is 25.1. The van der Waals surface area contributed by atoms with Crippen LogP contribution in [0, 0.1) is 6.92 Å². The minimum Gasteiger partial charge on any atom is -0.352 e. The summed E-state index contributed by atoms with van der Waals surface area (Å²) in [7, 11) is 0. The van der Waals surface area contributed by atoms with Crippen LogP contribution in [0.2, 0.25) is 0 Å². The van der Waals surface area contributed by atoms with Crippen LogP contribution in [-0.4, -0.2) is 16.0 Å². The molecule has 2 N–H and O–H groups in total. The van der Waals surface area contributed by atoms with Crippen molar-refractivity contribution in [2.75, 3.05) is 5.32 Å². The predicted molar refractivity (Wildman–Crippen MR) is 75.4 cm³/mol. The maximum Gasteiger partial charge on any atom is 0.252 e. The number of H-pyrrole nitrogens is 1. The van der Waals surface area contributed by atoms with Gasteiger partial charge in [0.05, 0.1) is 0 Å². The summed E-state index contributed by atoms with van der Waals surface area (Å²) in [6, 6.07) is 12.2. The van der Waals surface area contributed by atoms with Crippen molar-refractivity contribution in [2.45, 2.75) is 31.7 Å². The van der Waals surface area contributed by atoms with Gasteiger partial charge in [0.15, 0.2) is 0 Å². The highest BCUT2D eigenvalue weighted by molar-refractivity contribution is 5.42. The number of benzene rings is 1. The van der Waals surface area contributed by atoms with Gasteiger partial charge < -0.3 is 5.32 Å². The van der Waals surface area contributed by atoms with E-state index < -0.39 is 0 Å². The SMILES string of the molecule is Cc1cc(=O)[nH]c(NC2CC2(C)c2ccccc2)n1. The van der Waals surface area contributed by atoms with E-state index in [2.05, 4.69) is 46.5 Å². The molecule has 4 nitrogen and oxygen atoms in total. The highest BCUT2D eigenvalue weighted by Gasteiger charge is 2.51. The number of aromatic amines is 1. The predicted octanol–water partition coefficient (Wildman–Crippen LogP) is 2.22. The maximum absolute atomic E-state index is 11.4. The van der Waals surface area contributed by atoms with Gasteiger partial charge in [-0.15, -0.1) is 0 Å². The van der Waals surface area contributed by atoms with Gasteiger partial charge in [-0.25, -0.2) is 4.98 Å². The molecule has 1 aliphatic carbocycles. The molecule has 2 aromatic rings. The molecule has 2 unspecified atom stereocenters. The van der Waals surface area contributed by atoms with E-state index in [0.717, 1.165) is 12.1 Å². The second kappa shape index (κ2) is 4.23. The first-order valence-electron chi connectivity index (χ1n) is 6.48. The van der Waals surface area contributed by atoms with Crippen molar-refractivity contribution in [3.05, 3.63) is 58.0 Å². The highest BCUT2D eigenvalue weighted by Crippen LogP contribution is 2.49. The smallest absolute Gasteiger partial charge is 0.252 e. The number of aryl methyl sites for hydroxylation is 1. The van der Waals surface area contributed by atoms with Gasteiger partial charge >= 0.3 is 0 Å². The van der Waals surface area contributed by atoms with Crippen molar-refractivity contribution >= 4 is 5.95 Å². The van der Waals surface area contributed by atoms with Crippen LogP contribution in [0.5, 0.6) is 0 Å². The fourth-order valence-corrected chi connectivity index (χ4v) is 2.53. The Labute approximate surface area is 111 Å². The van der Waals surface area contributed by atoms with Crippen molar-refractivity contribution in [2.24, 2.45) is 0 Å². The average molecular weight is 255 g/mol. The fraction of sp³-hybridized carbons (Fsp3) is 0.333. The van der Waals surface area contributed by atoms with Crippen LogP contribution in [-0.2, 0) is 5.41 Å². The molecular formula is C15H17N3O. The fourth-order valence-electron chi connectivity index (χ4n) is 2.53. The van der Waals surface area contributed by atoms with Crippen LogP contribution in [0.1, 0.15) is 24.6 Å². The van der Waals surface area contributed by atoms with E-state index >= 15 is 0 Å². The van der Waals surface area contributed by atoms with Crippen molar-refractivity contribution in [1.82, 2.24) is 9.97 Å². The summed E-state index contributed by atoms with van der Waals surface area (Å²) >= 11 is 0. The number of nitrogens with zero attached hydrogens (tertiary/aromatic N) is 1. The van der Waals surface area contributed by atoms with Crippen LogP contribution < -0.4 is 10.9 Å². The lowest BCUT2D eigenvalue weighted by molar-refractivity contribution is 0.754. The Morgan fingerprint density at radius 2 is 2.11 bits per heavy atom. The average Bonchev–Trinajstić information content (AvgIpc) is 3.01. The number of aromatic nitrogens is 2. The van der Waals surface area contributed by atoms with Gasteiger partial charge in [-0.05, 0) is 18.9 Å². The molecule has 1 fully saturated rings. The van der Waals surface area contributed by atoms with Gasteiger partial charge in [0, 0.05) is 23.2 Å². The highest BCUT2D eigenvalue weighted by atomic mass is 16.1. The van der Waals surface area contributed by atoms with Crippen molar-refractivity contribution in [1.29, 1.82) is 0 Å². The molecule has 1 saturated carbocycles. The number of hydrogen-bond acceptors (Lipinski definition) is 3. The molecule has 0 radical (unpaired) electrons. The zero-order chi connectivity index (χ0) is 13.5. The molecule has 2 atom stereocenters. The first-order chi connectivity index (χ1) is 9.08. The standard InChI is InChI=1S/C15H17N3O/c1-10-8-13(19)18-14(16-10)17-12-9-15(12,2)11-6-4-3-5-7-11/h3-8,12H,9H2,1-2H3,(H2,16,17,18,19). The monoisotopic (exact) mass is 255 g/mol. The molecule has 0 saturated heterocycles. The van der Waals surface area contributed by atoms with E-state index in [9.17, 15) is 4.79 Å². The largest absolute Gasteiger partial charge is 0.352 e. The lowest BCUT2D eigenvalue weighted by Crippen LogP contribution is -2.19. The van der Waals surface area contributed by atoms with Crippen molar-refractivity contribution in [3.8, 4) is 0 Å². The van der Waals surface area contributed by atoms with E-state index in [-0.39, 0.29) is 11.0 Å². The molecule has 4 heteroatoms. The number of hydrogen-bond donors (Lipinski definition) is 2. The molecule has 98 valence electrons. The van der Waals surface area contributed by atoms with E-state index in [1.165, 1.54) is 11.6 Å². The molecule has 0 amide bonds. The van der Waals surface area contributed by atoms with Gasteiger partial charge in [0.25, 0.3) is 5.56 Å². The Kier molecular flexibility index (Phi) is 2.66. The molecule has 1 aromatic carbocycles. The van der Waals surface area contributed by atoms with E-state index in [1.54, 1.807) is 0 Å². The quantitative estimate of drug-likeness (QED) is 0.884. The molecule has 0 spiro atoms. The first kappa shape index (κ1) is 12.0. The Hall–Kier alpha value is -2.10. The molecule has 1 heterocycles.